The van der Waals surface area contributed by atoms with Gasteiger partial charge in [0.15, 0.2) is 0 Å². The van der Waals surface area contributed by atoms with Gasteiger partial charge in [0.2, 0.25) is 5.95 Å². The van der Waals surface area contributed by atoms with Gasteiger partial charge in [-0.15, -0.1) is 0 Å². The Balaban J connectivity index is 1.75. The van der Waals surface area contributed by atoms with Gasteiger partial charge in [0.25, 0.3) is 0 Å². The van der Waals surface area contributed by atoms with E-state index in [9.17, 15) is 5.26 Å². The number of hydrogen-bond acceptors (Lipinski definition) is 3. The van der Waals surface area contributed by atoms with E-state index in [0.717, 1.165) is 35.3 Å². The highest BCUT2D eigenvalue weighted by Gasteiger charge is 2.41. The topological polar surface area (TPSA) is 67.6 Å². The van der Waals surface area contributed by atoms with Crippen molar-refractivity contribution in [2.45, 2.75) is 32.2 Å². The number of imidazole rings is 1. The molecule has 0 amide bonds. The van der Waals surface area contributed by atoms with E-state index >= 15 is 0 Å². The van der Waals surface area contributed by atoms with Crippen molar-refractivity contribution in [1.29, 1.82) is 5.26 Å². The molecule has 1 heterocycles. The number of para-hydroxylation sites is 1. The Kier molecular flexibility index (Phi) is 2.50. The summed E-state index contributed by atoms with van der Waals surface area (Å²) in [5.41, 5.74) is 8.48. The summed E-state index contributed by atoms with van der Waals surface area (Å²) in [4.78, 5) is 4.41. The van der Waals surface area contributed by atoms with Gasteiger partial charge in [-0.25, -0.2) is 4.98 Å². The van der Waals surface area contributed by atoms with Crippen LogP contribution in [0.1, 0.15) is 31.2 Å². The molecule has 0 aliphatic heterocycles. The Morgan fingerprint density at radius 1 is 1.30 bits per heavy atom. The van der Waals surface area contributed by atoms with Crippen molar-refractivity contribution < 1.29 is 0 Å². The number of nitrogens with zero attached hydrogens (tertiary/aromatic N) is 3. The Labute approximate surface area is 118 Å². The summed E-state index contributed by atoms with van der Waals surface area (Å²) in [6.45, 7) is 0.965. The number of benzene rings is 1. The van der Waals surface area contributed by atoms with E-state index < -0.39 is 0 Å². The monoisotopic (exact) mass is 266 g/mol. The Morgan fingerprint density at radius 3 is 2.60 bits per heavy atom. The van der Waals surface area contributed by atoms with Gasteiger partial charge in [0.05, 0.1) is 11.1 Å². The van der Waals surface area contributed by atoms with E-state index in [-0.39, 0.29) is 0 Å². The first-order chi connectivity index (χ1) is 9.78. The van der Waals surface area contributed by atoms with E-state index in [2.05, 4.69) is 15.6 Å². The zero-order valence-electron chi connectivity index (χ0n) is 11.4. The van der Waals surface area contributed by atoms with E-state index in [0.29, 0.717) is 11.5 Å². The minimum Gasteiger partial charge on any atom is -0.369 e. The largest absolute Gasteiger partial charge is 0.369 e. The van der Waals surface area contributed by atoms with Crippen LogP contribution in [0.3, 0.4) is 0 Å². The van der Waals surface area contributed by atoms with Crippen molar-refractivity contribution in [3.8, 4) is 6.07 Å². The molecule has 1 aromatic heterocycles. The lowest BCUT2D eigenvalue weighted by molar-refractivity contribution is 0.355. The van der Waals surface area contributed by atoms with Crippen LogP contribution in [0, 0.1) is 29.1 Å². The molecule has 2 aromatic rings. The lowest BCUT2D eigenvalue weighted by Crippen LogP contribution is -2.16. The SMILES string of the molecule is N#Cc1cccc2c1nc(N)n2CC(C1CC1)C1CC1. The number of nitrogens with two attached hydrogens (primary N) is 1. The summed E-state index contributed by atoms with van der Waals surface area (Å²) < 4.78 is 2.12. The van der Waals surface area contributed by atoms with Gasteiger partial charge in [-0.2, -0.15) is 5.26 Å². The number of anilines is 1. The quantitative estimate of drug-likeness (QED) is 0.925. The molecule has 0 bridgehead atoms. The fraction of sp³-hybridized carbons (Fsp3) is 0.500. The molecular formula is C16H18N4. The molecular weight excluding hydrogens is 248 g/mol. The van der Waals surface area contributed by atoms with Crippen LogP contribution < -0.4 is 5.73 Å². The molecule has 2 N–H and O–H groups in total. The van der Waals surface area contributed by atoms with Crippen molar-refractivity contribution >= 4 is 17.0 Å². The molecule has 20 heavy (non-hydrogen) atoms. The second kappa shape index (κ2) is 4.24. The summed E-state index contributed by atoms with van der Waals surface area (Å²) in [6.07, 6.45) is 5.49. The van der Waals surface area contributed by atoms with E-state index in [4.69, 9.17) is 5.73 Å². The molecule has 0 saturated heterocycles. The normalized spacial score (nSPS) is 18.6. The van der Waals surface area contributed by atoms with Gasteiger partial charge in [0, 0.05) is 6.54 Å². The van der Waals surface area contributed by atoms with Gasteiger partial charge >= 0.3 is 0 Å². The van der Waals surface area contributed by atoms with Gasteiger partial charge < -0.3 is 10.3 Å². The van der Waals surface area contributed by atoms with Crippen LogP contribution in [-0.2, 0) is 6.54 Å². The smallest absolute Gasteiger partial charge is 0.201 e. The van der Waals surface area contributed by atoms with Gasteiger partial charge in [-0.1, -0.05) is 6.07 Å². The summed E-state index contributed by atoms with van der Waals surface area (Å²) in [6, 6.07) is 7.95. The Morgan fingerprint density at radius 2 is 2.00 bits per heavy atom. The van der Waals surface area contributed by atoms with Crippen LogP contribution in [0.15, 0.2) is 18.2 Å². The third-order valence-electron chi connectivity index (χ3n) is 4.78. The van der Waals surface area contributed by atoms with Crippen LogP contribution in [0.5, 0.6) is 0 Å². The minimum absolute atomic E-state index is 0.550. The highest BCUT2D eigenvalue weighted by Crippen LogP contribution is 2.50. The lowest BCUT2D eigenvalue weighted by Gasteiger charge is -2.17. The number of rotatable bonds is 4. The molecule has 4 heteroatoms. The van der Waals surface area contributed by atoms with Gasteiger partial charge in [-0.05, 0) is 55.6 Å². The first-order valence-corrected chi connectivity index (χ1v) is 7.42. The van der Waals surface area contributed by atoms with Crippen molar-refractivity contribution in [2.75, 3.05) is 5.73 Å². The molecule has 0 spiro atoms. The molecule has 2 saturated carbocycles. The number of aromatic nitrogens is 2. The van der Waals surface area contributed by atoms with Crippen LogP contribution in [0.2, 0.25) is 0 Å². The van der Waals surface area contributed by atoms with Gasteiger partial charge in [0.1, 0.15) is 11.6 Å². The second-order valence-electron chi connectivity index (χ2n) is 6.20. The fourth-order valence-electron chi connectivity index (χ4n) is 3.39. The zero-order chi connectivity index (χ0) is 13.7. The predicted octanol–water partition coefficient (Wildman–Crippen LogP) is 2.93. The molecule has 102 valence electrons. The van der Waals surface area contributed by atoms with E-state index in [1.165, 1.54) is 25.7 Å². The highest BCUT2D eigenvalue weighted by molar-refractivity contribution is 5.83. The van der Waals surface area contributed by atoms with Crippen LogP contribution in [0.25, 0.3) is 11.0 Å². The number of nitrogen functional groups attached to an aromatic ring is 1. The maximum Gasteiger partial charge on any atom is 0.201 e. The highest BCUT2D eigenvalue weighted by atomic mass is 15.2. The standard InChI is InChI=1S/C16H18N4/c17-8-12-2-1-3-14-15(12)19-16(18)20(14)9-13(10-4-5-10)11-6-7-11/h1-3,10-11,13H,4-7,9H2,(H2,18,19). The molecule has 0 unspecified atom stereocenters. The number of hydrogen-bond donors (Lipinski definition) is 1. The van der Waals surface area contributed by atoms with Gasteiger partial charge in [-0.3, -0.25) is 0 Å². The molecule has 2 aliphatic rings. The summed E-state index contributed by atoms with van der Waals surface area (Å²) in [7, 11) is 0. The molecule has 4 rings (SSSR count). The average molecular weight is 266 g/mol. The average Bonchev–Trinajstić information content (AvgIpc) is 3.34. The lowest BCUT2D eigenvalue weighted by atomic mass is 9.98. The Bertz CT molecular complexity index is 689. The maximum atomic E-state index is 9.17. The Hall–Kier alpha value is -2.02. The number of fused-ring (bicyclic) bond motifs is 1. The van der Waals surface area contributed by atoms with E-state index in [1.54, 1.807) is 6.07 Å². The van der Waals surface area contributed by atoms with Crippen LogP contribution >= 0.6 is 0 Å². The molecule has 2 aliphatic carbocycles. The van der Waals surface area contributed by atoms with Crippen LogP contribution in [-0.4, -0.2) is 9.55 Å². The molecule has 0 atom stereocenters. The van der Waals surface area contributed by atoms with Crippen molar-refractivity contribution in [3.05, 3.63) is 23.8 Å². The molecule has 0 radical (unpaired) electrons. The summed E-state index contributed by atoms with van der Waals surface area (Å²) >= 11 is 0. The maximum absolute atomic E-state index is 9.17. The minimum atomic E-state index is 0.550. The third-order valence-corrected chi connectivity index (χ3v) is 4.78. The third kappa shape index (κ3) is 1.85. The predicted molar refractivity (Wildman–Crippen MR) is 77.8 cm³/mol. The summed E-state index contributed by atoms with van der Waals surface area (Å²) in [5, 5.41) is 9.17. The van der Waals surface area contributed by atoms with Crippen molar-refractivity contribution in [1.82, 2.24) is 9.55 Å². The second-order valence-corrected chi connectivity index (χ2v) is 6.20. The number of nitriles is 1. The fourth-order valence-corrected chi connectivity index (χ4v) is 3.39. The van der Waals surface area contributed by atoms with Crippen molar-refractivity contribution in [3.63, 3.8) is 0 Å². The molecule has 4 nitrogen and oxygen atoms in total. The first kappa shape index (κ1) is 11.8. The molecule has 1 aromatic carbocycles. The summed E-state index contributed by atoms with van der Waals surface area (Å²) in [5.74, 6) is 3.08. The molecule has 2 fully saturated rings. The van der Waals surface area contributed by atoms with Crippen LogP contribution in [0.4, 0.5) is 5.95 Å². The first-order valence-electron chi connectivity index (χ1n) is 7.42. The van der Waals surface area contributed by atoms with Crippen molar-refractivity contribution in [2.24, 2.45) is 17.8 Å². The zero-order valence-corrected chi connectivity index (χ0v) is 11.4. The van der Waals surface area contributed by atoms with E-state index in [1.807, 2.05) is 12.1 Å².